The summed E-state index contributed by atoms with van der Waals surface area (Å²) < 4.78 is 0. The summed E-state index contributed by atoms with van der Waals surface area (Å²) in [6, 6.07) is 9.42. The van der Waals surface area contributed by atoms with Gasteiger partial charge >= 0.3 is 0 Å². The maximum atomic E-state index is 12.8. The van der Waals surface area contributed by atoms with Crippen LogP contribution in [0.15, 0.2) is 41.9 Å². The quantitative estimate of drug-likeness (QED) is 0.586. The fraction of sp³-hybridized carbons (Fsp3) is 0. The number of halogens is 1. The second kappa shape index (κ2) is 5.87. The standard InChI is InChI=1S/C17H8ClN3O3S/c18-13-11(16(24)20-17-21-19-7-25-17)6-5-10-12(13)15(23)9-4-2-1-3-8(9)14(10)22/h1-7H,(H,20,21,24). The number of carbonyl (C=O) groups excluding carboxylic acids is 3. The molecule has 0 fully saturated rings. The molecule has 0 bridgehead atoms. The van der Waals surface area contributed by atoms with Gasteiger partial charge in [0.1, 0.15) is 5.51 Å². The van der Waals surface area contributed by atoms with E-state index in [2.05, 4.69) is 15.5 Å². The summed E-state index contributed by atoms with van der Waals surface area (Å²) in [6.07, 6.45) is 0. The van der Waals surface area contributed by atoms with Gasteiger partial charge in [-0.2, -0.15) is 0 Å². The second-order valence-corrected chi connectivity index (χ2v) is 6.46. The SMILES string of the molecule is O=C(Nc1nncs1)c1ccc2c(c1Cl)C(=O)c1ccccc1C2=O. The van der Waals surface area contributed by atoms with E-state index in [0.717, 1.165) is 11.3 Å². The second-order valence-electron chi connectivity index (χ2n) is 5.25. The van der Waals surface area contributed by atoms with Gasteiger partial charge in [-0.05, 0) is 12.1 Å². The molecular weight excluding hydrogens is 362 g/mol. The molecular formula is C17H8ClN3O3S. The lowest BCUT2D eigenvalue weighted by Gasteiger charge is -2.19. The molecule has 0 aliphatic heterocycles. The van der Waals surface area contributed by atoms with Crippen LogP contribution in [0.1, 0.15) is 42.2 Å². The van der Waals surface area contributed by atoms with E-state index in [1.807, 2.05) is 0 Å². The molecule has 0 spiro atoms. The van der Waals surface area contributed by atoms with Crippen molar-refractivity contribution in [1.29, 1.82) is 0 Å². The van der Waals surface area contributed by atoms with E-state index in [4.69, 9.17) is 11.6 Å². The summed E-state index contributed by atoms with van der Waals surface area (Å²) >= 11 is 7.48. The number of fused-ring (bicyclic) bond motifs is 2. The molecule has 8 heteroatoms. The minimum Gasteiger partial charge on any atom is -0.296 e. The van der Waals surface area contributed by atoms with Crippen molar-refractivity contribution < 1.29 is 14.4 Å². The van der Waals surface area contributed by atoms with Crippen molar-refractivity contribution in [2.24, 2.45) is 0 Å². The summed E-state index contributed by atoms with van der Waals surface area (Å²) in [6.45, 7) is 0. The summed E-state index contributed by atoms with van der Waals surface area (Å²) in [5, 5.41) is 10.2. The Bertz CT molecular complexity index is 1050. The average molecular weight is 370 g/mol. The van der Waals surface area contributed by atoms with Gasteiger partial charge in [0.25, 0.3) is 5.91 Å². The van der Waals surface area contributed by atoms with Gasteiger partial charge in [0.05, 0.1) is 16.1 Å². The molecule has 1 aliphatic rings. The van der Waals surface area contributed by atoms with E-state index in [-0.39, 0.29) is 38.8 Å². The third kappa shape index (κ3) is 2.45. The van der Waals surface area contributed by atoms with E-state index >= 15 is 0 Å². The predicted molar refractivity (Wildman–Crippen MR) is 92.6 cm³/mol. The van der Waals surface area contributed by atoms with E-state index in [9.17, 15) is 14.4 Å². The smallest absolute Gasteiger partial charge is 0.259 e. The maximum Gasteiger partial charge on any atom is 0.259 e. The molecule has 6 nitrogen and oxygen atoms in total. The maximum absolute atomic E-state index is 12.8. The van der Waals surface area contributed by atoms with Crippen molar-refractivity contribution in [3.63, 3.8) is 0 Å². The number of hydrogen-bond acceptors (Lipinski definition) is 6. The van der Waals surface area contributed by atoms with Crippen molar-refractivity contribution in [3.8, 4) is 0 Å². The Hall–Kier alpha value is -2.90. The molecule has 4 rings (SSSR count). The third-order valence-corrected chi connectivity index (χ3v) is 4.85. The van der Waals surface area contributed by atoms with Gasteiger partial charge in [-0.25, -0.2) is 0 Å². The number of anilines is 1. The minimum atomic E-state index is -0.524. The lowest BCUT2D eigenvalue weighted by atomic mass is 9.83. The molecule has 1 amide bonds. The first-order valence-electron chi connectivity index (χ1n) is 7.16. The average Bonchev–Trinajstić information content (AvgIpc) is 3.12. The molecule has 1 aromatic heterocycles. The van der Waals surface area contributed by atoms with Crippen LogP contribution in [0, 0.1) is 0 Å². The zero-order chi connectivity index (χ0) is 17.6. The molecule has 1 heterocycles. The number of ketones is 2. The molecule has 0 saturated carbocycles. The Labute approximate surface area is 150 Å². The van der Waals surface area contributed by atoms with E-state index in [1.54, 1.807) is 24.3 Å². The molecule has 0 radical (unpaired) electrons. The van der Waals surface area contributed by atoms with Crippen LogP contribution in [0.2, 0.25) is 5.02 Å². The third-order valence-electron chi connectivity index (χ3n) is 3.86. The Morgan fingerprint density at radius 1 is 1.00 bits per heavy atom. The zero-order valence-corrected chi connectivity index (χ0v) is 14.0. The van der Waals surface area contributed by atoms with Crippen LogP contribution in [0.4, 0.5) is 5.13 Å². The lowest BCUT2D eigenvalue weighted by molar-refractivity contribution is 0.0978. The first-order chi connectivity index (χ1) is 12.1. The number of rotatable bonds is 2. The largest absolute Gasteiger partial charge is 0.296 e. The number of carbonyl (C=O) groups is 3. The van der Waals surface area contributed by atoms with Crippen LogP contribution < -0.4 is 5.32 Å². The van der Waals surface area contributed by atoms with Crippen LogP contribution in [-0.2, 0) is 0 Å². The van der Waals surface area contributed by atoms with Gasteiger partial charge in [-0.3, -0.25) is 19.7 Å². The first kappa shape index (κ1) is 15.6. The van der Waals surface area contributed by atoms with Gasteiger partial charge in [-0.1, -0.05) is 47.2 Å². The highest BCUT2D eigenvalue weighted by molar-refractivity contribution is 7.13. The van der Waals surface area contributed by atoms with E-state index in [1.165, 1.54) is 17.6 Å². The van der Waals surface area contributed by atoms with Crippen molar-refractivity contribution in [1.82, 2.24) is 10.2 Å². The normalized spacial score (nSPS) is 12.5. The predicted octanol–water partition coefficient (Wildman–Crippen LogP) is 3.22. The van der Waals surface area contributed by atoms with E-state index in [0.29, 0.717) is 10.7 Å². The summed E-state index contributed by atoms with van der Waals surface area (Å²) in [5.41, 5.74) is 2.43. The molecule has 3 aromatic rings. The number of amides is 1. The van der Waals surface area contributed by atoms with Gasteiger partial charge < -0.3 is 0 Å². The van der Waals surface area contributed by atoms with Crippen molar-refractivity contribution in [2.45, 2.75) is 0 Å². The molecule has 122 valence electrons. The Morgan fingerprint density at radius 2 is 1.72 bits per heavy atom. The first-order valence-corrected chi connectivity index (χ1v) is 8.42. The molecule has 1 N–H and O–H groups in total. The zero-order valence-electron chi connectivity index (χ0n) is 12.4. The number of nitrogens with zero attached hydrogens (tertiary/aromatic N) is 2. The van der Waals surface area contributed by atoms with Gasteiger partial charge in [0, 0.05) is 16.7 Å². The number of aromatic nitrogens is 2. The van der Waals surface area contributed by atoms with Crippen LogP contribution in [0.25, 0.3) is 0 Å². The number of benzene rings is 2. The van der Waals surface area contributed by atoms with Crippen LogP contribution in [0.5, 0.6) is 0 Å². The van der Waals surface area contributed by atoms with E-state index < -0.39 is 5.91 Å². The van der Waals surface area contributed by atoms with Crippen molar-refractivity contribution in [2.75, 3.05) is 5.32 Å². The minimum absolute atomic E-state index is 0.0487. The van der Waals surface area contributed by atoms with Gasteiger partial charge in [0.15, 0.2) is 11.6 Å². The van der Waals surface area contributed by atoms with Crippen molar-refractivity contribution in [3.05, 3.63) is 74.7 Å². The van der Waals surface area contributed by atoms with Crippen LogP contribution in [0.3, 0.4) is 0 Å². The number of nitrogens with one attached hydrogen (secondary N) is 1. The lowest BCUT2D eigenvalue weighted by Crippen LogP contribution is -2.23. The molecule has 0 atom stereocenters. The van der Waals surface area contributed by atoms with Crippen LogP contribution >= 0.6 is 22.9 Å². The summed E-state index contributed by atoms with van der Waals surface area (Å²) in [5.74, 6) is -1.19. The highest BCUT2D eigenvalue weighted by atomic mass is 35.5. The highest BCUT2D eigenvalue weighted by Gasteiger charge is 2.33. The van der Waals surface area contributed by atoms with Gasteiger partial charge in [-0.15, -0.1) is 10.2 Å². The van der Waals surface area contributed by atoms with Crippen molar-refractivity contribution >= 4 is 45.5 Å². The number of hydrogen-bond donors (Lipinski definition) is 1. The summed E-state index contributed by atoms with van der Waals surface area (Å²) in [4.78, 5) is 37.8. The topological polar surface area (TPSA) is 89.0 Å². The Morgan fingerprint density at radius 3 is 2.40 bits per heavy atom. The fourth-order valence-corrected chi connectivity index (χ4v) is 3.49. The molecule has 0 unspecified atom stereocenters. The molecule has 1 aliphatic carbocycles. The monoisotopic (exact) mass is 369 g/mol. The Balaban J connectivity index is 1.81. The highest BCUT2D eigenvalue weighted by Crippen LogP contribution is 2.34. The summed E-state index contributed by atoms with van der Waals surface area (Å²) in [7, 11) is 0. The molecule has 25 heavy (non-hydrogen) atoms. The van der Waals surface area contributed by atoms with Gasteiger partial charge in [0.2, 0.25) is 5.13 Å². The Kier molecular flexibility index (Phi) is 3.67. The fourth-order valence-electron chi connectivity index (χ4n) is 2.71. The molecule has 2 aromatic carbocycles. The van der Waals surface area contributed by atoms with Crippen LogP contribution in [-0.4, -0.2) is 27.7 Å². The molecule has 0 saturated heterocycles.